The smallest absolute Gasteiger partial charge is 0.323 e. The highest BCUT2D eigenvalue weighted by molar-refractivity contribution is 5.36. The van der Waals surface area contributed by atoms with Crippen LogP contribution in [0.2, 0.25) is 0 Å². The molecule has 21 heavy (non-hydrogen) atoms. The molecule has 7 nitrogen and oxygen atoms in total. The Bertz CT molecular complexity index is 453. The fourth-order valence-corrected chi connectivity index (χ4v) is 2.62. The van der Waals surface area contributed by atoms with Crippen molar-refractivity contribution in [3.05, 3.63) is 0 Å². The Labute approximate surface area is 126 Å². The molecule has 1 fully saturated rings. The minimum absolute atomic E-state index is 0.00248. The van der Waals surface area contributed by atoms with Crippen molar-refractivity contribution in [2.75, 3.05) is 10.7 Å². The normalized spacial score (nSPS) is 22.7. The first-order valence-corrected chi connectivity index (χ1v) is 7.74. The summed E-state index contributed by atoms with van der Waals surface area (Å²) in [4.78, 5) is 12.7. The van der Waals surface area contributed by atoms with E-state index in [0.29, 0.717) is 23.9 Å². The van der Waals surface area contributed by atoms with E-state index in [2.05, 4.69) is 32.6 Å². The van der Waals surface area contributed by atoms with Gasteiger partial charge in [-0.3, -0.25) is 5.43 Å². The van der Waals surface area contributed by atoms with Gasteiger partial charge in [-0.25, -0.2) is 5.84 Å². The topological polar surface area (TPSA) is 98.0 Å². The number of nitrogens with two attached hydrogens (primary N) is 1. The van der Waals surface area contributed by atoms with Crippen molar-refractivity contribution in [2.24, 2.45) is 11.8 Å². The van der Waals surface area contributed by atoms with Crippen LogP contribution in [0.3, 0.4) is 0 Å². The second-order valence-corrected chi connectivity index (χ2v) is 5.94. The summed E-state index contributed by atoms with van der Waals surface area (Å²) < 4.78 is 5.54. The van der Waals surface area contributed by atoms with E-state index in [-0.39, 0.29) is 12.1 Å². The lowest BCUT2D eigenvalue weighted by Gasteiger charge is -2.23. The molecule has 1 aromatic rings. The lowest BCUT2D eigenvalue weighted by Crippen LogP contribution is -2.28. The number of nitrogen functional groups attached to an aromatic ring is 1. The Morgan fingerprint density at radius 3 is 2.52 bits per heavy atom. The van der Waals surface area contributed by atoms with Crippen molar-refractivity contribution in [2.45, 2.75) is 65.0 Å². The summed E-state index contributed by atoms with van der Waals surface area (Å²) in [5.41, 5.74) is 2.46. The molecule has 4 N–H and O–H groups in total. The minimum atomic E-state index is 0.00248. The maximum Gasteiger partial charge on any atom is 0.323 e. The maximum absolute atomic E-state index is 5.54. The van der Waals surface area contributed by atoms with Gasteiger partial charge in [0.15, 0.2) is 0 Å². The monoisotopic (exact) mass is 294 g/mol. The molecule has 0 aliphatic heterocycles. The van der Waals surface area contributed by atoms with E-state index < -0.39 is 0 Å². The number of aromatic nitrogens is 3. The molecular formula is C14H26N6O. The Morgan fingerprint density at radius 1 is 1.10 bits per heavy atom. The van der Waals surface area contributed by atoms with Crippen LogP contribution in [0.1, 0.15) is 52.9 Å². The number of nitrogens with zero attached hydrogens (tertiary/aromatic N) is 3. The average Bonchev–Trinajstić information content (AvgIpc) is 2.63. The van der Waals surface area contributed by atoms with Crippen molar-refractivity contribution in [1.82, 2.24) is 15.0 Å². The van der Waals surface area contributed by atoms with Crippen molar-refractivity contribution in [3.8, 4) is 6.01 Å². The molecule has 0 spiro atoms. The van der Waals surface area contributed by atoms with Gasteiger partial charge in [0.2, 0.25) is 11.9 Å². The number of hydrazine groups is 1. The molecule has 1 aliphatic carbocycles. The number of ether oxygens (including phenoxy) is 1. The van der Waals surface area contributed by atoms with Gasteiger partial charge in [0.05, 0.1) is 6.10 Å². The number of rotatable bonds is 5. The van der Waals surface area contributed by atoms with Crippen LogP contribution in [-0.4, -0.2) is 27.1 Å². The van der Waals surface area contributed by atoms with Gasteiger partial charge >= 0.3 is 6.01 Å². The summed E-state index contributed by atoms with van der Waals surface area (Å²) in [5.74, 6) is 6.85. The highest BCUT2D eigenvalue weighted by Gasteiger charge is 2.21. The Hall–Kier alpha value is -1.63. The summed E-state index contributed by atoms with van der Waals surface area (Å²) in [5, 5.41) is 3.42. The van der Waals surface area contributed by atoms with Crippen LogP contribution in [0.25, 0.3) is 0 Å². The van der Waals surface area contributed by atoms with Gasteiger partial charge in [-0.2, -0.15) is 15.0 Å². The van der Waals surface area contributed by atoms with E-state index >= 15 is 0 Å². The predicted octanol–water partition coefficient (Wildman–Crippen LogP) is 2.33. The fraction of sp³-hybridized carbons (Fsp3) is 0.786. The Balaban J connectivity index is 2.13. The first-order chi connectivity index (χ1) is 10.1. The molecular weight excluding hydrogens is 268 g/mol. The van der Waals surface area contributed by atoms with Crippen molar-refractivity contribution in [3.63, 3.8) is 0 Å². The molecule has 0 bridgehead atoms. The molecule has 118 valence electrons. The van der Waals surface area contributed by atoms with Crippen LogP contribution in [-0.2, 0) is 0 Å². The standard InChI is InChI=1S/C14H26N6O/c1-9(2)21-14-18-12(17-13(19-14)20-15)16-11-8-6-4-5-7-10(11)3/h9-11H,4-8,15H2,1-3H3,(H2,16,17,18,19,20). The Morgan fingerprint density at radius 2 is 1.81 bits per heavy atom. The van der Waals surface area contributed by atoms with Crippen LogP contribution >= 0.6 is 0 Å². The van der Waals surface area contributed by atoms with E-state index in [1.54, 1.807) is 0 Å². The van der Waals surface area contributed by atoms with Gasteiger partial charge < -0.3 is 10.1 Å². The molecule has 0 saturated heterocycles. The summed E-state index contributed by atoms with van der Waals surface area (Å²) in [7, 11) is 0. The first-order valence-electron chi connectivity index (χ1n) is 7.74. The molecule has 0 radical (unpaired) electrons. The molecule has 1 aliphatic rings. The quantitative estimate of drug-likeness (QED) is 0.435. The van der Waals surface area contributed by atoms with Crippen LogP contribution < -0.4 is 21.3 Å². The Kier molecular flexibility index (Phi) is 5.55. The maximum atomic E-state index is 5.54. The van der Waals surface area contributed by atoms with E-state index in [1.165, 1.54) is 25.7 Å². The molecule has 1 saturated carbocycles. The third-order valence-electron chi connectivity index (χ3n) is 3.76. The largest absolute Gasteiger partial charge is 0.461 e. The lowest BCUT2D eigenvalue weighted by atomic mass is 9.97. The van der Waals surface area contributed by atoms with Gasteiger partial charge in [-0.1, -0.05) is 26.2 Å². The zero-order valence-corrected chi connectivity index (χ0v) is 13.1. The molecule has 0 aromatic carbocycles. The lowest BCUT2D eigenvalue weighted by molar-refractivity contribution is 0.222. The van der Waals surface area contributed by atoms with E-state index in [9.17, 15) is 0 Å². The van der Waals surface area contributed by atoms with E-state index in [1.807, 2.05) is 13.8 Å². The van der Waals surface area contributed by atoms with E-state index in [0.717, 1.165) is 6.42 Å². The second kappa shape index (κ2) is 7.40. The molecule has 2 rings (SSSR count). The van der Waals surface area contributed by atoms with Crippen LogP contribution in [0.15, 0.2) is 0 Å². The SMILES string of the molecule is CC(C)Oc1nc(NN)nc(NC2CCCCCC2C)n1. The number of anilines is 2. The summed E-state index contributed by atoms with van der Waals surface area (Å²) in [6.07, 6.45) is 6.22. The third-order valence-corrected chi connectivity index (χ3v) is 3.76. The van der Waals surface area contributed by atoms with Crippen molar-refractivity contribution >= 4 is 11.9 Å². The van der Waals surface area contributed by atoms with Crippen molar-refractivity contribution in [1.29, 1.82) is 0 Å². The summed E-state index contributed by atoms with van der Waals surface area (Å²) in [6.45, 7) is 6.14. The molecule has 2 unspecified atom stereocenters. The van der Waals surface area contributed by atoms with E-state index in [4.69, 9.17) is 10.6 Å². The highest BCUT2D eigenvalue weighted by atomic mass is 16.5. The molecule has 7 heteroatoms. The van der Waals surface area contributed by atoms with Crippen LogP contribution in [0.4, 0.5) is 11.9 Å². The number of hydrogen-bond acceptors (Lipinski definition) is 7. The highest BCUT2D eigenvalue weighted by Crippen LogP contribution is 2.25. The van der Waals surface area contributed by atoms with Gasteiger partial charge in [0.1, 0.15) is 0 Å². The fourth-order valence-electron chi connectivity index (χ4n) is 2.62. The van der Waals surface area contributed by atoms with Crippen molar-refractivity contribution < 1.29 is 4.74 Å². The zero-order valence-electron chi connectivity index (χ0n) is 13.1. The summed E-state index contributed by atoms with van der Waals surface area (Å²) >= 11 is 0. The van der Waals surface area contributed by atoms with Crippen LogP contribution in [0, 0.1) is 5.92 Å². The zero-order chi connectivity index (χ0) is 15.2. The van der Waals surface area contributed by atoms with Gasteiger partial charge in [-0.15, -0.1) is 0 Å². The molecule has 1 heterocycles. The van der Waals surface area contributed by atoms with Crippen LogP contribution in [0.5, 0.6) is 6.01 Å². The molecule has 0 amide bonds. The third kappa shape index (κ3) is 4.70. The molecule has 2 atom stereocenters. The number of nitrogens with one attached hydrogen (secondary N) is 2. The van der Waals surface area contributed by atoms with Gasteiger partial charge in [0.25, 0.3) is 0 Å². The number of hydrogen-bond donors (Lipinski definition) is 3. The summed E-state index contributed by atoms with van der Waals surface area (Å²) in [6, 6.07) is 0.671. The van der Waals surface area contributed by atoms with Gasteiger partial charge in [0, 0.05) is 6.04 Å². The predicted molar refractivity (Wildman–Crippen MR) is 83.1 cm³/mol. The minimum Gasteiger partial charge on any atom is -0.461 e. The first kappa shape index (κ1) is 15.8. The average molecular weight is 294 g/mol. The van der Waals surface area contributed by atoms with Gasteiger partial charge in [-0.05, 0) is 32.6 Å². The second-order valence-electron chi connectivity index (χ2n) is 5.94. The molecule has 1 aromatic heterocycles.